The lowest BCUT2D eigenvalue weighted by Crippen LogP contribution is -2.45. The number of rotatable bonds is 7. The second-order valence-electron chi connectivity index (χ2n) is 8.09. The van der Waals surface area contributed by atoms with Crippen molar-refractivity contribution in [1.29, 1.82) is 0 Å². The first-order valence-electron chi connectivity index (χ1n) is 11.0. The SMILES string of the molecule is COc1ccc(NS(=O)(=O)c2ccc(C)c(C(=O)NC3CCN(c4ncccn4)CC3)c2)cc1. The first-order chi connectivity index (χ1) is 16.4. The largest absolute Gasteiger partial charge is 0.497 e. The van der Waals surface area contributed by atoms with Crippen LogP contribution in [-0.4, -0.2) is 50.5 Å². The lowest BCUT2D eigenvalue weighted by Gasteiger charge is -2.32. The van der Waals surface area contributed by atoms with Gasteiger partial charge in [0.2, 0.25) is 5.95 Å². The van der Waals surface area contributed by atoms with E-state index in [4.69, 9.17) is 4.74 Å². The van der Waals surface area contributed by atoms with Gasteiger partial charge in [-0.05, 0) is 67.8 Å². The third-order valence-electron chi connectivity index (χ3n) is 5.77. The van der Waals surface area contributed by atoms with Crippen molar-refractivity contribution in [3.8, 4) is 5.75 Å². The number of hydrogen-bond acceptors (Lipinski definition) is 7. The molecular formula is C24H27N5O4S. The fourth-order valence-corrected chi connectivity index (χ4v) is 4.91. The smallest absolute Gasteiger partial charge is 0.261 e. The zero-order chi connectivity index (χ0) is 24.1. The summed E-state index contributed by atoms with van der Waals surface area (Å²) in [6.45, 7) is 3.25. The van der Waals surface area contributed by atoms with Crippen LogP contribution >= 0.6 is 0 Å². The minimum atomic E-state index is -3.87. The molecule has 0 radical (unpaired) electrons. The van der Waals surface area contributed by atoms with Crippen LogP contribution in [0.2, 0.25) is 0 Å². The van der Waals surface area contributed by atoms with Gasteiger partial charge in [-0.1, -0.05) is 6.07 Å². The molecule has 2 N–H and O–H groups in total. The van der Waals surface area contributed by atoms with Crippen LogP contribution in [0.1, 0.15) is 28.8 Å². The van der Waals surface area contributed by atoms with Crippen molar-refractivity contribution in [3.05, 3.63) is 72.1 Å². The normalized spacial score (nSPS) is 14.5. The number of piperidine rings is 1. The molecule has 0 unspecified atom stereocenters. The Morgan fingerprint density at radius 1 is 1.06 bits per heavy atom. The summed E-state index contributed by atoms with van der Waals surface area (Å²) in [5.41, 5.74) is 1.45. The Balaban J connectivity index is 1.42. The molecule has 4 rings (SSSR count). The Morgan fingerprint density at radius 3 is 2.38 bits per heavy atom. The van der Waals surface area contributed by atoms with Gasteiger partial charge >= 0.3 is 0 Å². The molecule has 9 nitrogen and oxygen atoms in total. The van der Waals surface area contributed by atoms with Crippen molar-refractivity contribution in [3.63, 3.8) is 0 Å². The predicted molar refractivity (Wildman–Crippen MR) is 130 cm³/mol. The maximum atomic E-state index is 13.0. The van der Waals surface area contributed by atoms with Crippen molar-refractivity contribution >= 4 is 27.6 Å². The van der Waals surface area contributed by atoms with Gasteiger partial charge in [-0.25, -0.2) is 18.4 Å². The molecule has 1 amide bonds. The molecule has 1 fully saturated rings. The number of hydrogen-bond donors (Lipinski definition) is 2. The van der Waals surface area contributed by atoms with Crippen LogP contribution in [-0.2, 0) is 10.0 Å². The van der Waals surface area contributed by atoms with Crippen LogP contribution < -0.4 is 19.7 Å². The first-order valence-corrected chi connectivity index (χ1v) is 12.4. The van der Waals surface area contributed by atoms with Crippen LogP contribution in [0.3, 0.4) is 0 Å². The van der Waals surface area contributed by atoms with Gasteiger partial charge in [0.1, 0.15) is 5.75 Å². The second-order valence-corrected chi connectivity index (χ2v) is 9.78. The van der Waals surface area contributed by atoms with E-state index in [2.05, 4.69) is 24.9 Å². The molecule has 0 atom stereocenters. The molecule has 2 aromatic carbocycles. The maximum Gasteiger partial charge on any atom is 0.261 e. The third kappa shape index (κ3) is 5.45. The molecule has 1 saturated heterocycles. The zero-order valence-electron chi connectivity index (χ0n) is 19.1. The summed E-state index contributed by atoms with van der Waals surface area (Å²) in [6.07, 6.45) is 4.92. The standard InChI is InChI=1S/C24H27N5O4S/c1-17-4-9-21(34(31,32)28-19-5-7-20(33-2)8-6-19)16-22(17)23(30)27-18-10-14-29(15-11-18)24-25-12-3-13-26-24/h3-9,12-13,16,18,28H,10-11,14-15H2,1-2H3,(H,27,30). The van der Waals surface area contributed by atoms with Crippen molar-refractivity contribution in [2.45, 2.75) is 30.7 Å². The summed E-state index contributed by atoms with van der Waals surface area (Å²) in [4.78, 5) is 23.7. The predicted octanol–water partition coefficient (Wildman–Crippen LogP) is 2.99. The van der Waals surface area contributed by atoms with Gasteiger partial charge in [-0.2, -0.15) is 0 Å². The molecule has 2 heterocycles. The molecular weight excluding hydrogens is 454 g/mol. The quantitative estimate of drug-likeness (QED) is 0.533. The van der Waals surface area contributed by atoms with Crippen molar-refractivity contribution < 1.29 is 17.9 Å². The number of carbonyl (C=O) groups is 1. The second kappa shape index (κ2) is 10.1. The van der Waals surface area contributed by atoms with Crippen LogP contribution in [0.15, 0.2) is 65.8 Å². The van der Waals surface area contributed by atoms with E-state index in [9.17, 15) is 13.2 Å². The van der Waals surface area contributed by atoms with Gasteiger partial charge in [0.25, 0.3) is 15.9 Å². The van der Waals surface area contributed by atoms with Gasteiger partial charge in [0.15, 0.2) is 0 Å². The van der Waals surface area contributed by atoms with E-state index < -0.39 is 10.0 Å². The number of aromatic nitrogens is 2. The number of methoxy groups -OCH3 is 1. The van der Waals surface area contributed by atoms with Crippen LogP contribution in [0.25, 0.3) is 0 Å². The molecule has 178 valence electrons. The van der Waals surface area contributed by atoms with Gasteiger partial charge in [0, 0.05) is 42.8 Å². The minimum absolute atomic E-state index is 0.00968. The topological polar surface area (TPSA) is 114 Å². The van der Waals surface area contributed by atoms with Gasteiger partial charge in [-0.15, -0.1) is 0 Å². The highest BCUT2D eigenvalue weighted by atomic mass is 32.2. The van der Waals surface area contributed by atoms with Crippen molar-refractivity contribution in [1.82, 2.24) is 15.3 Å². The number of nitrogens with one attached hydrogen (secondary N) is 2. The lowest BCUT2D eigenvalue weighted by molar-refractivity contribution is 0.0930. The minimum Gasteiger partial charge on any atom is -0.497 e. The highest BCUT2D eigenvalue weighted by Crippen LogP contribution is 2.22. The van der Waals surface area contributed by atoms with Crippen molar-refractivity contribution in [2.75, 3.05) is 29.8 Å². The van der Waals surface area contributed by atoms with E-state index in [0.717, 1.165) is 25.9 Å². The van der Waals surface area contributed by atoms with Crippen LogP contribution in [0.4, 0.5) is 11.6 Å². The average molecular weight is 482 g/mol. The van der Waals surface area contributed by atoms with Gasteiger partial charge < -0.3 is 15.0 Å². The summed E-state index contributed by atoms with van der Waals surface area (Å²) in [7, 11) is -2.33. The number of amides is 1. The number of anilines is 2. The van der Waals surface area contributed by atoms with E-state index in [-0.39, 0.29) is 16.8 Å². The molecule has 3 aromatic rings. The zero-order valence-corrected chi connectivity index (χ0v) is 19.9. The Labute approximate surface area is 199 Å². The Kier molecular flexibility index (Phi) is 6.97. The first kappa shape index (κ1) is 23.5. The average Bonchev–Trinajstić information content (AvgIpc) is 2.85. The van der Waals surface area contributed by atoms with Crippen molar-refractivity contribution in [2.24, 2.45) is 0 Å². The number of ether oxygens (including phenoxy) is 1. The van der Waals surface area contributed by atoms with Crippen LogP contribution in [0.5, 0.6) is 5.75 Å². The summed E-state index contributed by atoms with van der Waals surface area (Å²) in [5, 5.41) is 3.05. The fourth-order valence-electron chi connectivity index (χ4n) is 3.83. The molecule has 0 aliphatic carbocycles. The number of benzene rings is 2. The molecule has 1 aliphatic rings. The summed E-state index contributed by atoms with van der Waals surface area (Å²) < 4.78 is 33.5. The summed E-state index contributed by atoms with van der Waals surface area (Å²) in [6, 6.07) is 12.9. The Bertz CT molecular complexity index is 1240. The lowest BCUT2D eigenvalue weighted by atomic mass is 10.0. The molecule has 0 bridgehead atoms. The van der Waals surface area contributed by atoms with E-state index >= 15 is 0 Å². The number of aryl methyl sites for hydroxylation is 1. The number of carbonyl (C=O) groups excluding carboxylic acids is 1. The highest BCUT2D eigenvalue weighted by Gasteiger charge is 2.24. The monoisotopic (exact) mass is 481 g/mol. The van der Waals surface area contributed by atoms with Gasteiger partial charge in [0.05, 0.1) is 12.0 Å². The maximum absolute atomic E-state index is 13.0. The summed E-state index contributed by atoms with van der Waals surface area (Å²) in [5.74, 6) is 1.03. The van der Waals surface area contributed by atoms with Gasteiger partial charge in [-0.3, -0.25) is 9.52 Å². The molecule has 1 aromatic heterocycles. The van der Waals surface area contributed by atoms with Crippen LogP contribution in [0, 0.1) is 6.92 Å². The fraction of sp³-hybridized carbons (Fsp3) is 0.292. The highest BCUT2D eigenvalue weighted by molar-refractivity contribution is 7.92. The molecule has 0 saturated carbocycles. The molecule has 0 spiro atoms. The van der Waals surface area contributed by atoms with E-state index in [0.29, 0.717) is 28.5 Å². The number of sulfonamides is 1. The van der Waals surface area contributed by atoms with E-state index in [1.807, 2.05) is 0 Å². The van der Waals surface area contributed by atoms with E-state index in [1.54, 1.807) is 62.8 Å². The summed E-state index contributed by atoms with van der Waals surface area (Å²) >= 11 is 0. The molecule has 34 heavy (non-hydrogen) atoms. The van der Waals surface area contributed by atoms with E-state index in [1.165, 1.54) is 12.1 Å². The third-order valence-corrected chi connectivity index (χ3v) is 7.15. The molecule has 1 aliphatic heterocycles. The number of nitrogens with zero attached hydrogens (tertiary/aromatic N) is 3. The molecule has 10 heteroatoms. The Morgan fingerprint density at radius 2 is 1.74 bits per heavy atom. The Hall–Kier alpha value is -3.66.